The van der Waals surface area contributed by atoms with E-state index < -0.39 is 27.8 Å². The van der Waals surface area contributed by atoms with Gasteiger partial charge in [-0.3, -0.25) is 9.78 Å². The Morgan fingerprint density at radius 1 is 1.33 bits per heavy atom. The van der Waals surface area contributed by atoms with E-state index in [1.165, 1.54) is 23.4 Å². The number of likely N-dealkylation sites (tertiary alicyclic amines) is 1. The number of sulfone groups is 1. The van der Waals surface area contributed by atoms with Gasteiger partial charge in [-0.05, 0) is 24.8 Å². The highest BCUT2D eigenvalue weighted by atomic mass is 32.2. The maximum atomic E-state index is 12.5. The highest BCUT2D eigenvalue weighted by Crippen LogP contribution is 2.48. The van der Waals surface area contributed by atoms with Gasteiger partial charge in [0.05, 0.1) is 10.5 Å². The van der Waals surface area contributed by atoms with Gasteiger partial charge in [-0.1, -0.05) is 0 Å². The van der Waals surface area contributed by atoms with Crippen molar-refractivity contribution in [2.45, 2.75) is 29.8 Å². The third-order valence-corrected chi connectivity index (χ3v) is 5.09. The molecule has 1 aliphatic heterocycles. The Hall–Kier alpha value is -1.96. The number of pyridine rings is 1. The Morgan fingerprint density at radius 2 is 2.05 bits per heavy atom. The van der Waals surface area contributed by atoms with Crippen LogP contribution in [-0.2, 0) is 14.6 Å². The second kappa shape index (κ2) is 4.52. The van der Waals surface area contributed by atoms with Crippen LogP contribution in [0.3, 0.4) is 0 Å². The fourth-order valence-corrected chi connectivity index (χ4v) is 3.45. The van der Waals surface area contributed by atoms with Crippen molar-refractivity contribution in [3.05, 3.63) is 24.0 Å². The van der Waals surface area contributed by atoms with E-state index in [9.17, 15) is 23.1 Å². The van der Waals surface area contributed by atoms with E-state index in [0.29, 0.717) is 6.42 Å². The Bertz CT molecular complexity index is 730. The van der Waals surface area contributed by atoms with Crippen molar-refractivity contribution in [2.75, 3.05) is 6.26 Å². The zero-order chi connectivity index (χ0) is 15.4. The number of aromatic nitrogens is 1. The minimum atomic E-state index is -3.46. The summed E-state index contributed by atoms with van der Waals surface area (Å²) < 4.78 is 23.0. The van der Waals surface area contributed by atoms with E-state index in [2.05, 4.69) is 4.98 Å². The first kappa shape index (κ1) is 14.0. The van der Waals surface area contributed by atoms with E-state index >= 15 is 0 Å². The van der Waals surface area contributed by atoms with Gasteiger partial charge in [-0.25, -0.2) is 13.2 Å². The Balaban J connectivity index is 1.93. The van der Waals surface area contributed by atoms with Crippen LogP contribution in [0, 0.1) is 5.92 Å². The van der Waals surface area contributed by atoms with Gasteiger partial charge in [0.15, 0.2) is 9.84 Å². The second-order valence-electron chi connectivity index (χ2n) is 5.55. The molecule has 0 unspecified atom stereocenters. The molecular formula is C13H14N2O5S. The van der Waals surface area contributed by atoms with Crippen molar-refractivity contribution in [1.82, 2.24) is 9.88 Å². The van der Waals surface area contributed by atoms with Crippen molar-refractivity contribution in [2.24, 2.45) is 5.92 Å². The van der Waals surface area contributed by atoms with Crippen molar-refractivity contribution in [3.63, 3.8) is 0 Å². The number of carbonyl (C=O) groups excluding carboxylic acids is 1. The molecule has 1 aromatic rings. The van der Waals surface area contributed by atoms with E-state index in [1.54, 1.807) is 0 Å². The van der Waals surface area contributed by atoms with Crippen molar-refractivity contribution >= 4 is 21.7 Å². The molecule has 1 N–H and O–H groups in total. The molecule has 21 heavy (non-hydrogen) atoms. The van der Waals surface area contributed by atoms with Crippen LogP contribution in [0.5, 0.6) is 0 Å². The van der Waals surface area contributed by atoms with Crippen LogP contribution < -0.4 is 0 Å². The second-order valence-corrected chi connectivity index (χ2v) is 7.56. The lowest BCUT2D eigenvalue weighted by Gasteiger charge is -2.24. The number of carboxylic acids is 1. The fourth-order valence-electron chi connectivity index (χ4n) is 2.86. The summed E-state index contributed by atoms with van der Waals surface area (Å²) in [6.45, 7) is 0. The average Bonchev–Trinajstić information content (AvgIpc) is 3.08. The number of rotatable bonds is 3. The third kappa shape index (κ3) is 2.39. The summed E-state index contributed by atoms with van der Waals surface area (Å²) in [6, 6.07) is 0.378. The van der Waals surface area contributed by atoms with Gasteiger partial charge in [-0.15, -0.1) is 0 Å². The predicted octanol–water partition coefficient (Wildman–Crippen LogP) is 0.173. The Kier molecular flexibility index (Phi) is 3.01. The van der Waals surface area contributed by atoms with Gasteiger partial charge >= 0.3 is 5.97 Å². The van der Waals surface area contributed by atoms with Crippen LogP contribution in [0.4, 0.5) is 0 Å². The lowest BCUT2D eigenvalue weighted by Crippen LogP contribution is -2.43. The summed E-state index contributed by atoms with van der Waals surface area (Å²) in [5.41, 5.74) is 0.108. The molecule has 3 atom stereocenters. The van der Waals surface area contributed by atoms with Crippen molar-refractivity contribution in [3.8, 4) is 0 Å². The number of fused-ring (bicyclic) bond motifs is 1. The van der Waals surface area contributed by atoms with Crippen molar-refractivity contribution in [1.29, 1.82) is 0 Å². The summed E-state index contributed by atoms with van der Waals surface area (Å²) in [4.78, 5) is 28.8. The van der Waals surface area contributed by atoms with Gasteiger partial charge in [0.25, 0.3) is 5.91 Å². The monoisotopic (exact) mass is 310 g/mol. The highest BCUT2D eigenvalue weighted by Gasteiger charge is 2.56. The molecule has 0 radical (unpaired) electrons. The molecule has 8 heteroatoms. The molecule has 0 aromatic carbocycles. The number of aliphatic carboxylic acids is 1. The topological polar surface area (TPSA) is 105 Å². The number of carbonyl (C=O) groups is 2. The van der Waals surface area contributed by atoms with Crippen LogP contribution in [0.25, 0.3) is 0 Å². The lowest BCUT2D eigenvalue weighted by atomic mass is 10.1. The summed E-state index contributed by atoms with van der Waals surface area (Å²) in [5, 5.41) is 9.20. The van der Waals surface area contributed by atoms with Gasteiger partial charge in [0.2, 0.25) is 0 Å². The molecule has 0 spiro atoms. The Labute approximate surface area is 121 Å². The molecule has 7 nitrogen and oxygen atoms in total. The van der Waals surface area contributed by atoms with Crippen LogP contribution in [0.15, 0.2) is 23.4 Å². The molecular weight excluding hydrogens is 296 g/mol. The van der Waals surface area contributed by atoms with Crippen molar-refractivity contribution < 1.29 is 23.1 Å². The highest BCUT2D eigenvalue weighted by molar-refractivity contribution is 7.90. The molecule has 1 saturated heterocycles. The van der Waals surface area contributed by atoms with Crippen LogP contribution >= 0.6 is 0 Å². The van der Waals surface area contributed by atoms with Crippen LogP contribution in [0.1, 0.15) is 23.2 Å². The number of nitrogens with zero attached hydrogens (tertiary/aromatic N) is 2. The summed E-state index contributed by atoms with van der Waals surface area (Å²) in [6.07, 6.45) is 4.75. The summed E-state index contributed by atoms with van der Waals surface area (Å²) >= 11 is 0. The first-order chi connectivity index (χ1) is 9.79. The number of hydrogen-bond donors (Lipinski definition) is 1. The molecule has 112 valence electrons. The van der Waals surface area contributed by atoms with E-state index in [1.807, 2.05) is 0 Å². The first-order valence-electron chi connectivity index (χ1n) is 6.49. The predicted molar refractivity (Wildman–Crippen MR) is 71.5 cm³/mol. The Morgan fingerprint density at radius 3 is 2.67 bits per heavy atom. The van der Waals surface area contributed by atoms with Crippen LogP contribution in [-0.4, -0.2) is 53.6 Å². The SMILES string of the molecule is CS(=O)(=O)c1cncc(C(=O)N2[C@@H](C(=O)O)C[C@H]3C[C@H]32)c1. The maximum absolute atomic E-state index is 12.5. The normalized spacial score (nSPS) is 27.3. The number of carboxylic acid groups (broad SMARTS) is 1. The molecule has 2 aliphatic rings. The number of hydrogen-bond acceptors (Lipinski definition) is 5. The standard InChI is InChI=1S/C13H14N2O5S/c1-21(19,20)9-2-8(5-14-6-9)12(16)15-10-3-7(10)4-11(15)13(17)18/h2,5-7,10-11H,3-4H2,1H3,(H,17,18)/t7-,10-,11-/m1/s1. The van der Waals surface area contributed by atoms with E-state index in [-0.39, 0.29) is 22.4 Å². The minimum Gasteiger partial charge on any atom is -0.480 e. The molecule has 2 fully saturated rings. The number of piperidine rings is 1. The molecule has 2 heterocycles. The van der Waals surface area contributed by atoms with E-state index in [4.69, 9.17) is 0 Å². The van der Waals surface area contributed by atoms with E-state index in [0.717, 1.165) is 12.7 Å². The largest absolute Gasteiger partial charge is 0.480 e. The molecule has 1 amide bonds. The minimum absolute atomic E-state index is 0.0412. The van der Waals surface area contributed by atoms with Gasteiger partial charge in [0, 0.05) is 24.7 Å². The van der Waals surface area contributed by atoms with Gasteiger partial charge in [-0.2, -0.15) is 0 Å². The third-order valence-electron chi connectivity index (χ3n) is 4.01. The average molecular weight is 310 g/mol. The maximum Gasteiger partial charge on any atom is 0.326 e. The quantitative estimate of drug-likeness (QED) is 0.853. The summed E-state index contributed by atoms with van der Waals surface area (Å²) in [7, 11) is -3.46. The van der Waals surface area contributed by atoms with Crippen LogP contribution in [0.2, 0.25) is 0 Å². The molecule has 1 aliphatic carbocycles. The smallest absolute Gasteiger partial charge is 0.326 e. The lowest BCUT2D eigenvalue weighted by molar-refractivity contribution is -0.141. The van der Waals surface area contributed by atoms with Gasteiger partial charge in [0.1, 0.15) is 6.04 Å². The summed E-state index contributed by atoms with van der Waals surface area (Å²) in [5.74, 6) is -1.24. The zero-order valence-electron chi connectivity index (χ0n) is 11.3. The fraction of sp³-hybridized carbons (Fsp3) is 0.462. The van der Waals surface area contributed by atoms with Gasteiger partial charge < -0.3 is 10.0 Å². The molecule has 3 rings (SSSR count). The molecule has 1 saturated carbocycles. The molecule has 0 bridgehead atoms. The zero-order valence-corrected chi connectivity index (χ0v) is 12.1. The number of amides is 1. The first-order valence-corrected chi connectivity index (χ1v) is 8.39. The molecule has 1 aromatic heterocycles.